The quantitative estimate of drug-likeness (QED) is 0.732. The molecule has 1 amide bonds. The lowest BCUT2D eigenvalue weighted by atomic mass is 10.1. The molecule has 0 radical (unpaired) electrons. The van der Waals surface area contributed by atoms with Crippen LogP contribution in [0.5, 0.6) is 0 Å². The summed E-state index contributed by atoms with van der Waals surface area (Å²) >= 11 is 0. The zero-order chi connectivity index (χ0) is 18.8. The molecular weight excluding hydrogens is 340 g/mol. The van der Waals surface area contributed by atoms with Crippen molar-refractivity contribution in [2.75, 3.05) is 31.1 Å². The highest BCUT2D eigenvalue weighted by Crippen LogP contribution is 2.21. The summed E-state index contributed by atoms with van der Waals surface area (Å²) < 4.78 is 0. The van der Waals surface area contributed by atoms with Gasteiger partial charge in [0, 0.05) is 61.8 Å². The van der Waals surface area contributed by atoms with Crippen molar-refractivity contribution in [3.05, 3.63) is 54.0 Å². The van der Waals surface area contributed by atoms with Gasteiger partial charge in [-0.05, 0) is 24.6 Å². The van der Waals surface area contributed by atoms with Crippen LogP contribution in [0.4, 0.5) is 5.69 Å². The van der Waals surface area contributed by atoms with Crippen molar-refractivity contribution in [2.24, 2.45) is 5.73 Å². The second-order valence-corrected chi connectivity index (χ2v) is 7.00. The molecule has 4 rings (SSSR count). The first kappa shape index (κ1) is 17.5. The Balaban J connectivity index is 1.38. The number of aryl methyl sites for hydroxylation is 1. The Labute approximate surface area is 158 Å². The summed E-state index contributed by atoms with van der Waals surface area (Å²) in [5.41, 5.74) is 10.4. The number of H-pyrrole nitrogens is 1. The number of carbonyl (C=O) groups is 1. The SMILES string of the molecule is Cc1cnccc1N1CCN(C(=O)C(N)Cc2[nH]nc3ccccc23)CC1. The zero-order valence-electron chi connectivity index (χ0n) is 15.4. The van der Waals surface area contributed by atoms with E-state index in [0.29, 0.717) is 19.5 Å². The number of aromatic nitrogens is 3. The molecule has 0 saturated carbocycles. The van der Waals surface area contributed by atoms with Crippen LogP contribution in [0.3, 0.4) is 0 Å². The number of rotatable bonds is 4. The monoisotopic (exact) mass is 364 g/mol. The third-order valence-corrected chi connectivity index (χ3v) is 5.20. The molecule has 140 valence electrons. The molecular formula is C20H24N6O. The minimum absolute atomic E-state index is 0.000202. The Kier molecular flexibility index (Phi) is 4.77. The number of benzene rings is 1. The molecule has 1 aliphatic heterocycles. The number of carbonyl (C=O) groups excluding carboxylic acids is 1. The second-order valence-electron chi connectivity index (χ2n) is 7.00. The largest absolute Gasteiger partial charge is 0.368 e. The molecule has 0 spiro atoms. The van der Waals surface area contributed by atoms with Crippen LogP contribution in [-0.2, 0) is 11.2 Å². The normalized spacial score (nSPS) is 15.9. The van der Waals surface area contributed by atoms with E-state index in [1.54, 1.807) is 0 Å². The summed E-state index contributed by atoms with van der Waals surface area (Å²) in [5.74, 6) is -0.000202. The highest BCUT2D eigenvalue weighted by molar-refractivity contribution is 5.85. The van der Waals surface area contributed by atoms with Crippen LogP contribution in [0.25, 0.3) is 10.9 Å². The first-order valence-corrected chi connectivity index (χ1v) is 9.25. The Morgan fingerprint density at radius 2 is 2.00 bits per heavy atom. The van der Waals surface area contributed by atoms with Crippen molar-refractivity contribution in [3.63, 3.8) is 0 Å². The molecule has 0 aliphatic carbocycles. The fourth-order valence-corrected chi connectivity index (χ4v) is 3.70. The fourth-order valence-electron chi connectivity index (χ4n) is 3.70. The molecule has 3 heterocycles. The van der Waals surface area contributed by atoms with Crippen molar-refractivity contribution in [1.82, 2.24) is 20.1 Å². The van der Waals surface area contributed by atoms with Crippen LogP contribution in [-0.4, -0.2) is 58.2 Å². The second kappa shape index (κ2) is 7.36. The molecule has 1 unspecified atom stereocenters. The first-order valence-electron chi connectivity index (χ1n) is 9.25. The van der Waals surface area contributed by atoms with E-state index >= 15 is 0 Å². The first-order chi connectivity index (χ1) is 13.1. The lowest BCUT2D eigenvalue weighted by Crippen LogP contribution is -2.53. The predicted octanol–water partition coefficient (Wildman–Crippen LogP) is 1.48. The third-order valence-electron chi connectivity index (χ3n) is 5.20. The van der Waals surface area contributed by atoms with E-state index in [0.717, 1.165) is 35.2 Å². The summed E-state index contributed by atoms with van der Waals surface area (Å²) in [4.78, 5) is 21.1. The zero-order valence-corrected chi connectivity index (χ0v) is 15.4. The van der Waals surface area contributed by atoms with Gasteiger partial charge in [-0.2, -0.15) is 5.10 Å². The molecule has 7 nitrogen and oxygen atoms in total. The van der Waals surface area contributed by atoms with Crippen molar-refractivity contribution < 1.29 is 4.79 Å². The number of hydrogen-bond acceptors (Lipinski definition) is 5. The van der Waals surface area contributed by atoms with Crippen molar-refractivity contribution in [1.29, 1.82) is 0 Å². The molecule has 1 atom stereocenters. The van der Waals surface area contributed by atoms with Gasteiger partial charge in [0.05, 0.1) is 11.6 Å². The Hall–Kier alpha value is -2.93. The molecule has 27 heavy (non-hydrogen) atoms. The van der Waals surface area contributed by atoms with E-state index in [9.17, 15) is 4.79 Å². The number of anilines is 1. The van der Waals surface area contributed by atoms with E-state index < -0.39 is 6.04 Å². The van der Waals surface area contributed by atoms with Crippen LogP contribution in [0.2, 0.25) is 0 Å². The van der Waals surface area contributed by atoms with E-state index in [1.807, 2.05) is 47.6 Å². The van der Waals surface area contributed by atoms with Crippen molar-refractivity contribution in [2.45, 2.75) is 19.4 Å². The van der Waals surface area contributed by atoms with E-state index in [2.05, 4.69) is 27.0 Å². The third kappa shape index (κ3) is 3.50. The van der Waals surface area contributed by atoms with Gasteiger partial charge >= 0.3 is 0 Å². The number of nitrogens with two attached hydrogens (primary N) is 1. The minimum atomic E-state index is -0.567. The number of nitrogens with zero attached hydrogens (tertiary/aromatic N) is 4. The molecule has 1 aliphatic rings. The number of aromatic amines is 1. The number of fused-ring (bicyclic) bond motifs is 1. The lowest BCUT2D eigenvalue weighted by Gasteiger charge is -2.37. The van der Waals surface area contributed by atoms with Gasteiger partial charge in [0.25, 0.3) is 0 Å². The summed E-state index contributed by atoms with van der Waals surface area (Å²) in [6.45, 7) is 5.02. The minimum Gasteiger partial charge on any atom is -0.368 e. The number of para-hydroxylation sites is 1. The topological polar surface area (TPSA) is 91.1 Å². The summed E-state index contributed by atoms with van der Waals surface area (Å²) in [5, 5.41) is 8.33. The maximum absolute atomic E-state index is 12.8. The molecule has 1 saturated heterocycles. The van der Waals surface area contributed by atoms with Gasteiger partial charge in [-0.3, -0.25) is 14.9 Å². The number of pyridine rings is 1. The van der Waals surface area contributed by atoms with Crippen molar-refractivity contribution in [3.8, 4) is 0 Å². The summed E-state index contributed by atoms with van der Waals surface area (Å²) in [6.07, 6.45) is 4.14. The maximum atomic E-state index is 12.8. The summed E-state index contributed by atoms with van der Waals surface area (Å²) in [7, 11) is 0. The maximum Gasteiger partial charge on any atom is 0.240 e. The molecule has 7 heteroatoms. The van der Waals surface area contributed by atoms with Gasteiger partial charge in [-0.1, -0.05) is 18.2 Å². The molecule has 1 fully saturated rings. The summed E-state index contributed by atoms with van der Waals surface area (Å²) in [6, 6.07) is 9.33. The smallest absolute Gasteiger partial charge is 0.240 e. The highest BCUT2D eigenvalue weighted by Gasteiger charge is 2.26. The van der Waals surface area contributed by atoms with Crippen molar-refractivity contribution >= 4 is 22.5 Å². The van der Waals surface area contributed by atoms with Crippen LogP contribution in [0, 0.1) is 6.92 Å². The predicted molar refractivity (Wildman–Crippen MR) is 106 cm³/mol. The average Bonchev–Trinajstić information content (AvgIpc) is 3.11. The number of nitrogens with one attached hydrogen (secondary N) is 1. The van der Waals surface area contributed by atoms with Gasteiger partial charge in [0.2, 0.25) is 5.91 Å². The Morgan fingerprint density at radius 1 is 1.22 bits per heavy atom. The fraction of sp³-hybridized carbons (Fsp3) is 0.350. The molecule has 1 aromatic carbocycles. The number of amides is 1. The van der Waals surface area contributed by atoms with E-state index in [1.165, 1.54) is 5.69 Å². The van der Waals surface area contributed by atoms with E-state index in [-0.39, 0.29) is 5.91 Å². The number of piperazine rings is 1. The Bertz CT molecular complexity index is 944. The van der Waals surface area contributed by atoms with Crippen LogP contribution < -0.4 is 10.6 Å². The lowest BCUT2D eigenvalue weighted by molar-refractivity contribution is -0.132. The van der Waals surface area contributed by atoms with Crippen LogP contribution in [0.1, 0.15) is 11.3 Å². The standard InChI is InChI=1S/C20H24N6O/c1-14-13-22-7-6-19(14)25-8-10-26(11-9-25)20(27)16(21)12-18-15-4-2-3-5-17(15)23-24-18/h2-7,13,16H,8-12,21H2,1H3,(H,23,24). The molecule has 3 N–H and O–H groups in total. The Morgan fingerprint density at radius 3 is 2.78 bits per heavy atom. The molecule has 2 aromatic heterocycles. The van der Waals surface area contributed by atoms with Gasteiger partial charge in [0.1, 0.15) is 0 Å². The van der Waals surface area contributed by atoms with Crippen LogP contribution >= 0.6 is 0 Å². The van der Waals surface area contributed by atoms with Gasteiger partial charge in [0.15, 0.2) is 0 Å². The van der Waals surface area contributed by atoms with Gasteiger partial charge < -0.3 is 15.5 Å². The number of hydrogen-bond donors (Lipinski definition) is 2. The van der Waals surface area contributed by atoms with Gasteiger partial charge in [-0.25, -0.2) is 0 Å². The highest BCUT2D eigenvalue weighted by atomic mass is 16.2. The molecule has 3 aromatic rings. The van der Waals surface area contributed by atoms with Gasteiger partial charge in [-0.15, -0.1) is 0 Å². The van der Waals surface area contributed by atoms with E-state index in [4.69, 9.17) is 5.73 Å². The van der Waals surface area contributed by atoms with Crippen LogP contribution in [0.15, 0.2) is 42.7 Å². The average molecular weight is 364 g/mol. The molecule has 0 bridgehead atoms.